The highest BCUT2D eigenvalue weighted by Crippen LogP contribution is 2.35. The van der Waals surface area contributed by atoms with Gasteiger partial charge in [-0.15, -0.1) is 11.3 Å². The molecule has 180 valence electrons. The van der Waals surface area contributed by atoms with Crippen LogP contribution in [0, 0.1) is 0 Å². The molecule has 3 heterocycles. The molecule has 3 N–H and O–H groups in total. The van der Waals surface area contributed by atoms with Gasteiger partial charge in [0.05, 0.1) is 9.58 Å². The maximum absolute atomic E-state index is 13.6. The Bertz CT molecular complexity index is 1190. The minimum atomic E-state index is -0.644. The van der Waals surface area contributed by atoms with Crippen LogP contribution in [0.2, 0.25) is 0 Å². The summed E-state index contributed by atoms with van der Waals surface area (Å²) in [6.07, 6.45) is 3.14. The Balaban J connectivity index is 2.03. The first-order valence-electron chi connectivity index (χ1n) is 11.5. The summed E-state index contributed by atoms with van der Waals surface area (Å²) in [5.74, 6) is -0.275. The van der Waals surface area contributed by atoms with E-state index in [4.69, 9.17) is 10.7 Å². The molecule has 0 aliphatic rings. The standard InChI is InChI=1S/C22H32N6O3S2/c1-5-9-11-27(16-17(23)28(12-10-6-2)21(31)24-18(16)29)20(30)15-13-14-19(32-15)25-22(33-14)26(7-3)8-4/h13H,5-12,23H2,1-4H3,(H,24,29,31). The summed E-state index contributed by atoms with van der Waals surface area (Å²) in [5.41, 5.74) is 5.13. The number of aromatic nitrogens is 3. The summed E-state index contributed by atoms with van der Waals surface area (Å²) >= 11 is 2.87. The SMILES string of the molecule is CCCCN(C(=O)c1cc2sc(N(CC)CC)nc2s1)c1c(N)n(CCCC)c(=O)[nH]c1=O. The number of carbonyl (C=O) groups excluding carboxylic acids is 1. The second-order valence-corrected chi connectivity index (χ2v) is 9.80. The molecule has 33 heavy (non-hydrogen) atoms. The minimum Gasteiger partial charge on any atom is -0.383 e. The van der Waals surface area contributed by atoms with E-state index in [1.165, 1.54) is 20.8 Å². The molecule has 3 rings (SSSR count). The molecule has 1 amide bonds. The smallest absolute Gasteiger partial charge is 0.330 e. The van der Waals surface area contributed by atoms with Crippen LogP contribution in [0.5, 0.6) is 0 Å². The number of thiophene rings is 1. The van der Waals surface area contributed by atoms with E-state index in [0.717, 1.165) is 47.0 Å². The van der Waals surface area contributed by atoms with Crippen LogP contribution in [0.1, 0.15) is 63.0 Å². The first-order chi connectivity index (χ1) is 15.9. The third-order valence-corrected chi connectivity index (χ3v) is 7.73. The van der Waals surface area contributed by atoms with Crippen LogP contribution in [0.15, 0.2) is 15.7 Å². The highest BCUT2D eigenvalue weighted by atomic mass is 32.1. The monoisotopic (exact) mass is 492 g/mol. The third-order valence-electron chi connectivity index (χ3n) is 5.52. The lowest BCUT2D eigenvalue weighted by Crippen LogP contribution is -2.41. The van der Waals surface area contributed by atoms with E-state index in [1.807, 2.05) is 19.9 Å². The normalized spacial score (nSPS) is 11.3. The zero-order chi connectivity index (χ0) is 24.1. The molecule has 3 aromatic heterocycles. The number of unbranched alkanes of at least 4 members (excludes halogenated alkanes) is 2. The number of anilines is 3. The van der Waals surface area contributed by atoms with Crippen molar-refractivity contribution >= 4 is 54.7 Å². The van der Waals surface area contributed by atoms with E-state index in [-0.39, 0.29) is 17.4 Å². The molecule has 11 heteroatoms. The highest BCUT2D eigenvalue weighted by Gasteiger charge is 2.27. The lowest BCUT2D eigenvalue weighted by Gasteiger charge is -2.24. The van der Waals surface area contributed by atoms with Gasteiger partial charge in [0.2, 0.25) is 0 Å². The number of nitrogen functional groups attached to an aromatic ring is 1. The summed E-state index contributed by atoms with van der Waals surface area (Å²) in [5, 5.41) is 0.937. The number of nitrogens with zero attached hydrogens (tertiary/aromatic N) is 4. The predicted octanol–water partition coefficient (Wildman–Crippen LogP) is 3.88. The second-order valence-electron chi connectivity index (χ2n) is 7.76. The van der Waals surface area contributed by atoms with Crippen molar-refractivity contribution in [3.05, 3.63) is 31.8 Å². The van der Waals surface area contributed by atoms with Crippen LogP contribution in [-0.4, -0.2) is 40.1 Å². The van der Waals surface area contributed by atoms with Gasteiger partial charge in [-0.25, -0.2) is 9.78 Å². The first kappa shape index (κ1) is 25.0. The number of thiazole rings is 1. The van der Waals surface area contributed by atoms with Crippen molar-refractivity contribution in [1.29, 1.82) is 0 Å². The van der Waals surface area contributed by atoms with Gasteiger partial charge in [-0.1, -0.05) is 38.0 Å². The van der Waals surface area contributed by atoms with E-state index in [9.17, 15) is 14.4 Å². The molecule has 0 spiro atoms. The summed E-state index contributed by atoms with van der Waals surface area (Å²) in [6.45, 7) is 10.6. The van der Waals surface area contributed by atoms with Crippen LogP contribution in [0.4, 0.5) is 16.6 Å². The Labute approximate surface area is 200 Å². The topological polar surface area (TPSA) is 117 Å². The zero-order valence-electron chi connectivity index (χ0n) is 19.6. The minimum absolute atomic E-state index is 0.0296. The molecule has 0 bridgehead atoms. The predicted molar refractivity (Wildman–Crippen MR) is 138 cm³/mol. The van der Waals surface area contributed by atoms with Gasteiger partial charge in [-0.05, 0) is 32.8 Å². The van der Waals surface area contributed by atoms with Crippen molar-refractivity contribution in [3.63, 3.8) is 0 Å². The summed E-state index contributed by atoms with van der Waals surface area (Å²) in [4.78, 5) is 50.6. The number of rotatable bonds is 11. The molecule has 3 aromatic rings. The molecule has 9 nitrogen and oxygen atoms in total. The maximum atomic E-state index is 13.6. The van der Waals surface area contributed by atoms with E-state index in [1.54, 1.807) is 11.3 Å². The fourth-order valence-electron chi connectivity index (χ4n) is 3.60. The van der Waals surface area contributed by atoms with Crippen molar-refractivity contribution in [3.8, 4) is 0 Å². The number of hydrogen-bond donors (Lipinski definition) is 2. The fraction of sp³-hybridized carbons (Fsp3) is 0.545. The van der Waals surface area contributed by atoms with Crippen LogP contribution < -0.4 is 26.8 Å². The molecule has 0 saturated carbocycles. The number of nitrogens with two attached hydrogens (primary N) is 1. The number of hydrogen-bond acceptors (Lipinski definition) is 8. The molecule has 0 radical (unpaired) electrons. The number of amides is 1. The van der Waals surface area contributed by atoms with Gasteiger partial charge >= 0.3 is 5.69 Å². The van der Waals surface area contributed by atoms with Crippen molar-refractivity contribution < 1.29 is 4.79 Å². The highest BCUT2D eigenvalue weighted by molar-refractivity contribution is 7.29. The number of carbonyl (C=O) groups is 1. The zero-order valence-corrected chi connectivity index (χ0v) is 21.3. The molecule has 0 fully saturated rings. The Morgan fingerprint density at radius 1 is 1.12 bits per heavy atom. The Morgan fingerprint density at radius 3 is 2.42 bits per heavy atom. The Kier molecular flexibility index (Phi) is 8.30. The van der Waals surface area contributed by atoms with Crippen LogP contribution >= 0.6 is 22.7 Å². The second kappa shape index (κ2) is 11.0. The van der Waals surface area contributed by atoms with Crippen LogP contribution in [-0.2, 0) is 6.54 Å². The summed E-state index contributed by atoms with van der Waals surface area (Å²) in [7, 11) is 0. The molecule has 0 aliphatic heterocycles. The van der Waals surface area contributed by atoms with Crippen molar-refractivity contribution in [2.75, 3.05) is 35.2 Å². The van der Waals surface area contributed by atoms with Crippen molar-refractivity contribution in [2.45, 2.75) is 59.9 Å². The van der Waals surface area contributed by atoms with Crippen LogP contribution in [0.3, 0.4) is 0 Å². The maximum Gasteiger partial charge on any atom is 0.330 e. The number of H-pyrrole nitrogens is 1. The van der Waals surface area contributed by atoms with Crippen LogP contribution in [0.25, 0.3) is 9.53 Å². The molecule has 0 unspecified atom stereocenters. The van der Waals surface area contributed by atoms with Gasteiger partial charge < -0.3 is 10.6 Å². The van der Waals surface area contributed by atoms with Gasteiger partial charge in [0, 0.05) is 26.2 Å². The van der Waals surface area contributed by atoms with E-state index < -0.39 is 11.2 Å². The molecule has 0 atom stereocenters. The number of nitrogens with one attached hydrogen (secondary N) is 1. The molecular weight excluding hydrogens is 460 g/mol. The summed E-state index contributed by atoms with van der Waals surface area (Å²) in [6, 6.07) is 1.84. The van der Waals surface area contributed by atoms with Gasteiger partial charge in [0.15, 0.2) is 10.8 Å². The average molecular weight is 493 g/mol. The van der Waals surface area contributed by atoms with Gasteiger partial charge in [0.25, 0.3) is 11.5 Å². The quantitative estimate of drug-likeness (QED) is 0.419. The van der Waals surface area contributed by atoms with E-state index >= 15 is 0 Å². The lowest BCUT2D eigenvalue weighted by molar-refractivity contribution is 0.0990. The fourth-order valence-corrected chi connectivity index (χ4v) is 5.89. The van der Waals surface area contributed by atoms with Gasteiger partial charge in [0.1, 0.15) is 10.6 Å². The lowest BCUT2D eigenvalue weighted by atomic mass is 10.2. The molecule has 0 aromatic carbocycles. The van der Waals surface area contributed by atoms with E-state index in [2.05, 4.69) is 23.7 Å². The van der Waals surface area contributed by atoms with Gasteiger partial charge in [-0.3, -0.25) is 24.0 Å². The largest absolute Gasteiger partial charge is 0.383 e. The Hall–Kier alpha value is -2.66. The van der Waals surface area contributed by atoms with Crippen molar-refractivity contribution in [2.24, 2.45) is 0 Å². The molecule has 0 aliphatic carbocycles. The number of aromatic amines is 1. The molecule has 0 saturated heterocycles. The van der Waals surface area contributed by atoms with Crippen molar-refractivity contribution in [1.82, 2.24) is 14.5 Å². The molecular formula is C22H32N6O3S2. The third kappa shape index (κ3) is 5.14. The van der Waals surface area contributed by atoms with Gasteiger partial charge in [-0.2, -0.15) is 0 Å². The number of fused-ring (bicyclic) bond motifs is 1. The first-order valence-corrected chi connectivity index (χ1v) is 13.1. The Morgan fingerprint density at radius 2 is 1.82 bits per heavy atom. The summed E-state index contributed by atoms with van der Waals surface area (Å²) < 4.78 is 2.28. The van der Waals surface area contributed by atoms with E-state index in [0.29, 0.717) is 24.4 Å². The average Bonchev–Trinajstić information content (AvgIpc) is 3.35.